The zero-order valence-electron chi connectivity index (χ0n) is 10.7. The smallest absolute Gasteiger partial charge is 0.0317 e. The van der Waals surface area contributed by atoms with Gasteiger partial charge in [-0.15, -0.1) is 0 Å². The number of nitrogen functional groups attached to an aromatic ring is 1. The first-order valence-corrected chi connectivity index (χ1v) is 6.23. The van der Waals surface area contributed by atoms with Gasteiger partial charge in [-0.25, -0.2) is 0 Å². The number of rotatable bonds is 0. The Morgan fingerprint density at radius 3 is 2.59 bits per heavy atom. The minimum absolute atomic E-state index is 0.100. The third-order valence-corrected chi connectivity index (χ3v) is 4.60. The molecule has 88 valence electrons. The number of anilines is 1. The zero-order valence-corrected chi connectivity index (χ0v) is 10.7. The fourth-order valence-electron chi connectivity index (χ4n) is 3.72. The fourth-order valence-corrected chi connectivity index (χ4v) is 3.72. The van der Waals surface area contributed by atoms with Crippen molar-refractivity contribution in [3.8, 4) is 0 Å². The Bertz CT molecular complexity index is 536. The summed E-state index contributed by atoms with van der Waals surface area (Å²) in [6.45, 7) is 6.99. The standard InChI is InChI=1S/C16H19N/c1-15(2)12-8-7-11(17)10-13(12)16(3)9-5-4-6-14(15)16/h4-10,14H,17H2,1-3H3. The second-order valence-corrected chi connectivity index (χ2v) is 6.03. The van der Waals surface area contributed by atoms with E-state index in [-0.39, 0.29) is 10.8 Å². The number of fused-ring (bicyclic) bond motifs is 3. The topological polar surface area (TPSA) is 26.0 Å². The van der Waals surface area contributed by atoms with E-state index >= 15 is 0 Å². The van der Waals surface area contributed by atoms with Gasteiger partial charge in [0.2, 0.25) is 0 Å². The largest absolute Gasteiger partial charge is 0.399 e. The minimum Gasteiger partial charge on any atom is -0.399 e. The first-order chi connectivity index (χ1) is 7.96. The van der Waals surface area contributed by atoms with Gasteiger partial charge < -0.3 is 5.73 Å². The molecule has 0 aromatic heterocycles. The lowest BCUT2D eigenvalue weighted by Gasteiger charge is -2.36. The lowest BCUT2D eigenvalue weighted by atomic mass is 9.67. The van der Waals surface area contributed by atoms with Gasteiger partial charge in [-0.2, -0.15) is 0 Å². The van der Waals surface area contributed by atoms with E-state index < -0.39 is 0 Å². The number of nitrogens with two attached hydrogens (primary N) is 1. The maximum atomic E-state index is 5.96. The van der Waals surface area contributed by atoms with Crippen molar-refractivity contribution >= 4 is 5.69 Å². The molecule has 0 saturated heterocycles. The van der Waals surface area contributed by atoms with Gasteiger partial charge in [0, 0.05) is 11.1 Å². The highest BCUT2D eigenvalue weighted by molar-refractivity contribution is 5.58. The Hall–Kier alpha value is -1.50. The van der Waals surface area contributed by atoms with Gasteiger partial charge in [0.1, 0.15) is 0 Å². The maximum Gasteiger partial charge on any atom is 0.0317 e. The van der Waals surface area contributed by atoms with E-state index in [0.29, 0.717) is 5.92 Å². The quantitative estimate of drug-likeness (QED) is 0.671. The normalized spacial score (nSPS) is 32.3. The monoisotopic (exact) mass is 225 g/mol. The predicted molar refractivity (Wildman–Crippen MR) is 73.0 cm³/mol. The van der Waals surface area contributed by atoms with Crippen molar-refractivity contribution in [3.05, 3.63) is 53.6 Å². The second-order valence-electron chi connectivity index (χ2n) is 6.03. The molecule has 0 bridgehead atoms. The number of benzene rings is 1. The van der Waals surface area contributed by atoms with E-state index in [4.69, 9.17) is 5.73 Å². The second kappa shape index (κ2) is 3.04. The summed E-state index contributed by atoms with van der Waals surface area (Å²) in [5.74, 6) is 0.525. The van der Waals surface area contributed by atoms with Crippen LogP contribution in [-0.2, 0) is 10.8 Å². The van der Waals surface area contributed by atoms with Crippen LogP contribution in [0.1, 0.15) is 31.9 Å². The molecule has 1 aromatic rings. The van der Waals surface area contributed by atoms with Gasteiger partial charge in [-0.05, 0) is 34.6 Å². The van der Waals surface area contributed by atoms with Crippen LogP contribution >= 0.6 is 0 Å². The molecular formula is C16H19N. The Morgan fingerprint density at radius 2 is 1.82 bits per heavy atom. The molecular weight excluding hydrogens is 206 g/mol. The van der Waals surface area contributed by atoms with Crippen molar-refractivity contribution in [1.29, 1.82) is 0 Å². The summed E-state index contributed by atoms with van der Waals surface area (Å²) >= 11 is 0. The molecule has 0 aliphatic heterocycles. The van der Waals surface area contributed by atoms with Gasteiger partial charge >= 0.3 is 0 Å². The van der Waals surface area contributed by atoms with Crippen LogP contribution in [0.5, 0.6) is 0 Å². The molecule has 1 heteroatoms. The molecule has 0 heterocycles. The molecule has 2 unspecified atom stereocenters. The zero-order chi connectivity index (χ0) is 12.3. The molecule has 0 saturated carbocycles. The summed E-state index contributed by atoms with van der Waals surface area (Å²) < 4.78 is 0. The molecule has 2 atom stereocenters. The average molecular weight is 225 g/mol. The van der Waals surface area contributed by atoms with E-state index in [9.17, 15) is 0 Å². The Kier molecular flexibility index (Phi) is 1.90. The van der Waals surface area contributed by atoms with Crippen LogP contribution in [0.4, 0.5) is 5.69 Å². The molecule has 3 rings (SSSR count). The van der Waals surface area contributed by atoms with Crippen molar-refractivity contribution in [2.45, 2.75) is 31.6 Å². The molecule has 2 aliphatic carbocycles. The summed E-state index contributed by atoms with van der Waals surface area (Å²) in [6, 6.07) is 6.38. The number of hydrogen-bond acceptors (Lipinski definition) is 1. The summed E-state index contributed by atoms with van der Waals surface area (Å²) in [5, 5.41) is 0. The van der Waals surface area contributed by atoms with Crippen molar-refractivity contribution in [2.24, 2.45) is 5.92 Å². The van der Waals surface area contributed by atoms with Crippen LogP contribution in [0.15, 0.2) is 42.5 Å². The summed E-state index contributed by atoms with van der Waals surface area (Å²) in [4.78, 5) is 0. The summed E-state index contributed by atoms with van der Waals surface area (Å²) in [5.41, 5.74) is 9.94. The van der Waals surface area contributed by atoms with Gasteiger partial charge in [0.05, 0.1) is 0 Å². The minimum atomic E-state index is 0.100. The maximum absolute atomic E-state index is 5.96. The molecule has 1 aromatic carbocycles. The molecule has 0 radical (unpaired) electrons. The van der Waals surface area contributed by atoms with Crippen LogP contribution in [0, 0.1) is 5.92 Å². The van der Waals surface area contributed by atoms with Crippen LogP contribution in [0.25, 0.3) is 0 Å². The summed E-state index contributed by atoms with van der Waals surface area (Å²) in [7, 11) is 0. The van der Waals surface area contributed by atoms with Crippen molar-refractivity contribution in [3.63, 3.8) is 0 Å². The Morgan fingerprint density at radius 1 is 1.06 bits per heavy atom. The average Bonchev–Trinajstić information content (AvgIpc) is 2.45. The van der Waals surface area contributed by atoms with E-state index in [1.807, 2.05) is 6.07 Å². The SMILES string of the molecule is CC1(C)c2ccc(N)cc2C2(C)C=CC=CC12. The third kappa shape index (κ3) is 1.20. The van der Waals surface area contributed by atoms with E-state index in [1.165, 1.54) is 11.1 Å². The third-order valence-electron chi connectivity index (χ3n) is 4.60. The number of allylic oxidation sites excluding steroid dienone is 4. The van der Waals surface area contributed by atoms with Crippen LogP contribution < -0.4 is 5.73 Å². The van der Waals surface area contributed by atoms with Gasteiger partial charge in [-0.1, -0.05) is 51.1 Å². The molecule has 1 nitrogen and oxygen atoms in total. The van der Waals surface area contributed by atoms with E-state index in [0.717, 1.165) is 5.69 Å². The van der Waals surface area contributed by atoms with Crippen molar-refractivity contribution < 1.29 is 0 Å². The first-order valence-electron chi connectivity index (χ1n) is 6.23. The lowest BCUT2D eigenvalue weighted by molar-refractivity contribution is 0.324. The molecule has 0 fully saturated rings. The lowest BCUT2D eigenvalue weighted by Crippen LogP contribution is -2.34. The highest BCUT2D eigenvalue weighted by atomic mass is 14.6. The number of hydrogen-bond donors (Lipinski definition) is 1. The molecule has 0 amide bonds. The van der Waals surface area contributed by atoms with E-state index in [2.05, 4.69) is 57.2 Å². The summed E-state index contributed by atoms with van der Waals surface area (Å²) in [6.07, 6.45) is 9.00. The highest BCUT2D eigenvalue weighted by Gasteiger charge is 2.51. The van der Waals surface area contributed by atoms with Crippen LogP contribution in [-0.4, -0.2) is 0 Å². The first kappa shape index (κ1) is 10.6. The van der Waals surface area contributed by atoms with Crippen molar-refractivity contribution in [1.82, 2.24) is 0 Å². The van der Waals surface area contributed by atoms with Gasteiger partial charge in [0.15, 0.2) is 0 Å². The Labute approximate surface area is 103 Å². The highest BCUT2D eigenvalue weighted by Crippen LogP contribution is 2.56. The molecule has 0 spiro atoms. The van der Waals surface area contributed by atoms with Crippen LogP contribution in [0.2, 0.25) is 0 Å². The molecule has 2 N–H and O–H groups in total. The predicted octanol–water partition coefficient (Wildman–Crippen LogP) is 3.56. The molecule has 2 aliphatic rings. The van der Waals surface area contributed by atoms with Crippen LogP contribution in [0.3, 0.4) is 0 Å². The van der Waals surface area contributed by atoms with Crippen molar-refractivity contribution in [2.75, 3.05) is 5.73 Å². The fraction of sp³-hybridized carbons (Fsp3) is 0.375. The van der Waals surface area contributed by atoms with Gasteiger partial charge in [-0.3, -0.25) is 0 Å². The van der Waals surface area contributed by atoms with Gasteiger partial charge in [0.25, 0.3) is 0 Å². The van der Waals surface area contributed by atoms with E-state index in [1.54, 1.807) is 0 Å². The molecule has 17 heavy (non-hydrogen) atoms. The Balaban J connectivity index is 2.32.